The molecule has 2 heteroatoms. The van der Waals surface area contributed by atoms with Crippen molar-refractivity contribution in [1.82, 2.24) is 5.32 Å². The fourth-order valence-corrected chi connectivity index (χ4v) is 1.73. The van der Waals surface area contributed by atoms with Gasteiger partial charge < -0.3 is 5.32 Å². The average molecular weight is 205 g/mol. The third-order valence-electron chi connectivity index (χ3n) is 2.74. The maximum Gasteiger partial charge on any atom is 0.153 e. The van der Waals surface area contributed by atoms with Crippen molar-refractivity contribution >= 4 is 5.78 Å². The van der Waals surface area contributed by atoms with Crippen molar-refractivity contribution in [2.24, 2.45) is 0 Å². The van der Waals surface area contributed by atoms with Gasteiger partial charge in [-0.2, -0.15) is 0 Å². The van der Waals surface area contributed by atoms with Gasteiger partial charge in [-0.15, -0.1) is 0 Å². The van der Waals surface area contributed by atoms with Gasteiger partial charge in [0.2, 0.25) is 0 Å². The van der Waals surface area contributed by atoms with Crippen molar-refractivity contribution in [3.8, 4) is 0 Å². The number of nitrogens with one attached hydrogen (secondary N) is 1. The van der Waals surface area contributed by atoms with Gasteiger partial charge in [-0.05, 0) is 32.0 Å². The Morgan fingerprint density at radius 2 is 2.07 bits per heavy atom. The van der Waals surface area contributed by atoms with E-state index in [1.165, 1.54) is 11.1 Å². The molecule has 1 N–H and O–H groups in total. The highest BCUT2D eigenvalue weighted by atomic mass is 16.1. The largest absolute Gasteiger partial charge is 0.313 e. The molecule has 0 saturated heterocycles. The molecule has 0 spiro atoms. The molecule has 0 aromatic heterocycles. The second kappa shape index (κ2) is 5.08. The van der Waals surface area contributed by atoms with E-state index in [-0.39, 0.29) is 11.7 Å². The van der Waals surface area contributed by atoms with Crippen LogP contribution in [0.2, 0.25) is 0 Å². The molecule has 0 bridgehead atoms. The normalized spacial score (nSPS) is 12.5. The molecule has 1 unspecified atom stereocenters. The standard InChI is InChI=1S/C13H19NO/c1-9-5-6-10(2)12(7-9)11(3)13(15)8-14-4/h5-7,11,14H,8H2,1-4H3. The molecule has 15 heavy (non-hydrogen) atoms. The Morgan fingerprint density at radius 1 is 1.40 bits per heavy atom. The minimum absolute atomic E-state index is 0.0163. The number of hydrogen-bond donors (Lipinski definition) is 1. The summed E-state index contributed by atoms with van der Waals surface area (Å²) in [6.07, 6.45) is 0. The van der Waals surface area contributed by atoms with Crippen molar-refractivity contribution in [3.05, 3.63) is 34.9 Å². The highest BCUT2D eigenvalue weighted by Crippen LogP contribution is 2.21. The summed E-state index contributed by atoms with van der Waals surface area (Å²) in [5, 5.41) is 2.90. The van der Waals surface area contributed by atoms with E-state index < -0.39 is 0 Å². The van der Waals surface area contributed by atoms with Crippen molar-refractivity contribution in [2.45, 2.75) is 26.7 Å². The molecule has 1 rings (SSSR count). The summed E-state index contributed by atoms with van der Waals surface area (Å²) in [6.45, 7) is 6.52. The van der Waals surface area contributed by atoms with Crippen molar-refractivity contribution in [1.29, 1.82) is 0 Å². The first-order valence-corrected chi connectivity index (χ1v) is 5.30. The summed E-state index contributed by atoms with van der Waals surface area (Å²) >= 11 is 0. The van der Waals surface area contributed by atoms with Crippen molar-refractivity contribution in [2.75, 3.05) is 13.6 Å². The molecule has 1 atom stereocenters. The zero-order valence-corrected chi connectivity index (χ0v) is 9.92. The maximum atomic E-state index is 11.7. The van der Waals surface area contributed by atoms with Crippen molar-refractivity contribution < 1.29 is 4.79 Å². The summed E-state index contributed by atoms with van der Waals surface area (Å²) in [6, 6.07) is 6.26. The van der Waals surface area contributed by atoms with E-state index in [4.69, 9.17) is 0 Å². The third kappa shape index (κ3) is 2.90. The molecule has 2 nitrogen and oxygen atoms in total. The third-order valence-corrected chi connectivity index (χ3v) is 2.74. The zero-order chi connectivity index (χ0) is 11.4. The number of aryl methyl sites for hydroxylation is 2. The second-order valence-electron chi connectivity index (χ2n) is 4.08. The van der Waals surface area contributed by atoms with Crippen LogP contribution >= 0.6 is 0 Å². The Bertz CT molecular complexity index is 358. The van der Waals surface area contributed by atoms with Gasteiger partial charge in [0.1, 0.15) is 0 Å². The van der Waals surface area contributed by atoms with Crippen LogP contribution in [0.25, 0.3) is 0 Å². The first-order chi connectivity index (χ1) is 7.06. The average Bonchev–Trinajstić information content (AvgIpc) is 2.21. The second-order valence-corrected chi connectivity index (χ2v) is 4.08. The summed E-state index contributed by atoms with van der Waals surface area (Å²) < 4.78 is 0. The van der Waals surface area contributed by atoms with Crippen LogP contribution in [-0.2, 0) is 4.79 Å². The van der Waals surface area contributed by atoms with E-state index in [9.17, 15) is 4.79 Å². The van der Waals surface area contributed by atoms with Gasteiger partial charge in [-0.1, -0.05) is 30.7 Å². The Kier molecular flexibility index (Phi) is 4.04. The number of likely N-dealkylation sites (N-methyl/N-ethyl adjacent to an activating group) is 1. The van der Waals surface area contributed by atoms with E-state index in [2.05, 4.69) is 37.4 Å². The number of benzene rings is 1. The van der Waals surface area contributed by atoms with Crippen LogP contribution < -0.4 is 5.32 Å². The quantitative estimate of drug-likeness (QED) is 0.816. The molecule has 0 aliphatic carbocycles. The molecular formula is C13H19NO. The van der Waals surface area contributed by atoms with Crippen LogP contribution in [0.15, 0.2) is 18.2 Å². The summed E-state index contributed by atoms with van der Waals surface area (Å²) in [7, 11) is 1.80. The van der Waals surface area contributed by atoms with Crippen LogP contribution in [0.4, 0.5) is 0 Å². The molecule has 0 aliphatic heterocycles. The SMILES string of the molecule is CNCC(=O)C(C)c1cc(C)ccc1C. The lowest BCUT2D eigenvalue weighted by molar-refractivity contribution is -0.119. The molecular weight excluding hydrogens is 186 g/mol. The lowest BCUT2D eigenvalue weighted by Gasteiger charge is -2.14. The minimum Gasteiger partial charge on any atom is -0.313 e. The van der Waals surface area contributed by atoms with Gasteiger partial charge in [0, 0.05) is 5.92 Å². The number of carbonyl (C=O) groups excluding carboxylic acids is 1. The topological polar surface area (TPSA) is 29.1 Å². The van der Waals surface area contributed by atoms with Crippen LogP contribution in [0.1, 0.15) is 29.5 Å². The van der Waals surface area contributed by atoms with E-state index in [0.29, 0.717) is 6.54 Å². The highest BCUT2D eigenvalue weighted by Gasteiger charge is 2.15. The molecule has 0 saturated carbocycles. The first kappa shape index (κ1) is 11.9. The van der Waals surface area contributed by atoms with Crippen LogP contribution in [-0.4, -0.2) is 19.4 Å². The number of hydrogen-bond acceptors (Lipinski definition) is 2. The molecule has 82 valence electrons. The Morgan fingerprint density at radius 3 is 2.67 bits per heavy atom. The van der Waals surface area contributed by atoms with Gasteiger partial charge in [-0.25, -0.2) is 0 Å². The van der Waals surface area contributed by atoms with E-state index >= 15 is 0 Å². The first-order valence-electron chi connectivity index (χ1n) is 5.30. The van der Waals surface area contributed by atoms with Gasteiger partial charge in [-0.3, -0.25) is 4.79 Å². The summed E-state index contributed by atoms with van der Waals surface area (Å²) in [5.74, 6) is 0.226. The predicted octanol–water partition coefficient (Wildman–Crippen LogP) is 2.20. The predicted molar refractivity (Wildman–Crippen MR) is 63.3 cm³/mol. The fraction of sp³-hybridized carbons (Fsp3) is 0.462. The van der Waals surface area contributed by atoms with Gasteiger partial charge >= 0.3 is 0 Å². The Labute approximate surface area is 91.7 Å². The van der Waals surface area contributed by atoms with Crippen LogP contribution in [0, 0.1) is 13.8 Å². The van der Waals surface area contributed by atoms with Crippen LogP contribution in [0.5, 0.6) is 0 Å². The summed E-state index contributed by atoms with van der Waals surface area (Å²) in [5.41, 5.74) is 3.55. The number of rotatable bonds is 4. The molecule has 0 heterocycles. The smallest absolute Gasteiger partial charge is 0.153 e. The number of carbonyl (C=O) groups is 1. The van der Waals surface area contributed by atoms with Gasteiger partial charge in [0.05, 0.1) is 6.54 Å². The fourth-order valence-electron chi connectivity index (χ4n) is 1.73. The Balaban J connectivity index is 2.94. The Hall–Kier alpha value is -1.15. The number of ketones is 1. The highest BCUT2D eigenvalue weighted by molar-refractivity contribution is 5.87. The lowest BCUT2D eigenvalue weighted by Crippen LogP contribution is -2.23. The van der Waals surface area contributed by atoms with Crippen molar-refractivity contribution in [3.63, 3.8) is 0 Å². The minimum atomic E-state index is -0.0163. The molecule has 0 radical (unpaired) electrons. The zero-order valence-electron chi connectivity index (χ0n) is 9.92. The molecule has 1 aromatic rings. The van der Waals surface area contributed by atoms with Crippen LogP contribution in [0.3, 0.4) is 0 Å². The van der Waals surface area contributed by atoms with E-state index in [1.54, 1.807) is 7.05 Å². The maximum absolute atomic E-state index is 11.7. The molecule has 1 aromatic carbocycles. The summed E-state index contributed by atoms with van der Waals surface area (Å²) in [4.78, 5) is 11.7. The van der Waals surface area contributed by atoms with E-state index in [0.717, 1.165) is 5.56 Å². The molecule has 0 aliphatic rings. The van der Waals surface area contributed by atoms with Gasteiger partial charge in [0.25, 0.3) is 0 Å². The lowest BCUT2D eigenvalue weighted by atomic mass is 9.91. The molecule has 0 fully saturated rings. The van der Waals surface area contributed by atoms with Gasteiger partial charge in [0.15, 0.2) is 5.78 Å². The molecule has 0 amide bonds. The van der Waals surface area contributed by atoms with E-state index in [1.807, 2.05) is 6.92 Å². The monoisotopic (exact) mass is 205 g/mol. The number of Topliss-reactive ketones (excluding diaryl/α,β-unsaturated/α-hetero) is 1.